The van der Waals surface area contributed by atoms with Crippen molar-refractivity contribution in [3.8, 4) is 0 Å². The molecule has 186 valence electrons. The van der Waals surface area contributed by atoms with Gasteiger partial charge < -0.3 is 0 Å². The number of hydrogen-bond donors (Lipinski definition) is 2. The molecule has 1 amide bonds. The van der Waals surface area contributed by atoms with Crippen LogP contribution in [-0.4, -0.2) is 25.2 Å². The average molecular weight is 507 g/mol. The van der Waals surface area contributed by atoms with Gasteiger partial charge in [-0.05, 0) is 43.5 Å². The minimum Gasteiger partial charge on any atom is -0.263 e. The zero-order valence-corrected chi connectivity index (χ0v) is 23.0. The first-order valence-electron chi connectivity index (χ1n) is 12.2. The fourth-order valence-corrected chi connectivity index (χ4v) is 4.68. The lowest BCUT2D eigenvalue weighted by molar-refractivity contribution is -0.916. The Hall–Kier alpha value is -2.08. The molecule has 0 aromatic heterocycles. The Balaban J connectivity index is 0.00000199. The van der Waals surface area contributed by atoms with Crippen molar-refractivity contribution in [3.63, 3.8) is 0 Å². The second-order valence-corrected chi connectivity index (χ2v) is 9.96. The number of quaternary nitrogens is 1. The van der Waals surface area contributed by atoms with E-state index in [-0.39, 0.29) is 11.9 Å². The maximum Gasteiger partial charge on any atom is 0.312 e. The Labute approximate surface area is 215 Å². The molecule has 0 radical (unpaired) electrons. The van der Waals surface area contributed by atoms with Gasteiger partial charge in [-0.3, -0.25) is 9.80 Å². The molecule has 0 spiro atoms. The fraction of sp³-hybridized carbons (Fsp3) is 0.481. The first-order chi connectivity index (χ1) is 16.1. The number of nitrogens with zero attached hydrogens (tertiary/aromatic N) is 2. The quantitative estimate of drug-likeness (QED) is 0.341. The van der Waals surface area contributed by atoms with Crippen molar-refractivity contribution in [1.82, 2.24) is 5.43 Å². The highest BCUT2D eigenvalue weighted by Crippen LogP contribution is 2.48. The molecule has 2 aromatic rings. The summed E-state index contributed by atoms with van der Waals surface area (Å²) in [6, 6.07) is 13.5. The second kappa shape index (κ2) is 12.6. The van der Waals surface area contributed by atoms with Gasteiger partial charge in [0.1, 0.15) is 5.71 Å². The van der Waals surface area contributed by atoms with Crippen molar-refractivity contribution in [2.75, 3.05) is 18.6 Å². The molecule has 0 saturated carbocycles. The molecule has 0 bridgehead atoms. The van der Waals surface area contributed by atoms with Crippen LogP contribution in [0.15, 0.2) is 47.6 Å². The highest BCUT2D eigenvalue weighted by atomic mass is 35.5. The van der Waals surface area contributed by atoms with Crippen LogP contribution in [0, 0.1) is 12.3 Å². The summed E-state index contributed by atoms with van der Waals surface area (Å²) in [6.07, 6.45) is 3.37. The molecular formula is C27H39Cl2N4O+. The lowest BCUT2D eigenvalue weighted by Gasteiger charge is -2.33. The molecule has 2 atom stereocenters. The van der Waals surface area contributed by atoms with E-state index in [9.17, 15) is 4.79 Å². The molecule has 5 nitrogen and oxygen atoms in total. The van der Waals surface area contributed by atoms with E-state index in [2.05, 4.69) is 57.4 Å². The van der Waals surface area contributed by atoms with Crippen LogP contribution < -0.4 is 15.4 Å². The zero-order chi connectivity index (χ0) is 25.5. The van der Waals surface area contributed by atoms with Gasteiger partial charge in [0.15, 0.2) is 0 Å². The number of halogens is 2. The third kappa shape index (κ3) is 6.53. The number of anilines is 1. The van der Waals surface area contributed by atoms with Gasteiger partial charge in [0.05, 0.1) is 30.3 Å². The number of unbranched alkanes of at least 4 members (excludes halogenated alkanes) is 2. The fourth-order valence-electron chi connectivity index (χ4n) is 4.19. The van der Waals surface area contributed by atoms with Crippen LogP contribution in [0.2, 0.25) is 10.0 Å². The molecular weight excluding hydrogens is 467 g/mol. The molecule has 7 heteroatoms. The SMILES string of the molecule is CC.CCCCC[NH+](C)NC(=O)C1=NN(c2ccc(Cl)cc2Cl)C(c2ccc(C)cc2)C1(C)C. The number of hydrogen-bond acceptors (Lipinski definition) is 3. The summed E-state index contributed by atoms with van der Waals surface area (Å²) in [4.78, 5) is 13.3. The lowest BCUT2D eigenvalue weighted by Crippen LogP contribution is -3.16. The van der Waals surface area contributed by atoms with E-state index in [0.717, 1.165) is 42.1 Å². The van der Waals surface area contributed by atoms with Crippen LogP contribution in [0.5, 0.6) is 0 Å². The number of carbonyl (C=O) groups excluding carboxylic acids is 1. The van der Waals surface area contributed by atoms with Crippen molar-refractivity contribution in [1.29, 1.82) is 0 Å². The molecule has 34 heavy (non-hydrogen) atoms. The number of amides is 1. The van der Waals surface area contributed by atoms with E-state index in [4.69, 9.17) is 28.3 Å². The predicted octanol–water partition coefficient (Wildman–Crippen LogP) is 6.01. The third-order valence-electron chi connectivity index (χ3n) is 5.99. The molecule has 3 rings (SSSR count). The second-order valence-electron chi connectivity index (χ2n) is 9.12. The lowest BCUT2D eigenvalue weighted by atomic mass is 9.77. The predicted molar refractivity (Wildman–Crippen MR) is 145 cm³/mol. The maximum absolute atomic E-state index is 13.3. The summed E-state index contributed by atoms with van der Waals surface area (Å²) >= 11 is 12.7. The van der Waals surface area contributed by atoms with Crippen LogP contribution in [0.3, 0.4) is 0 Å². The molecule has 1 aliphatic heterocycles. The third-order valence-corrected chi connectivity index (χ3v) is 6.53. The summed E-state index contributed by atoms with van der Waals surface area (Å²) in [5, 5.41) is 8.72. The zero-order valence-electron chi connectivity index (χ0n) is 21.5. The van der Waals surface area contributed by atoms with Crippen LogP contribution in [0.1, 0.15) is 71.0 Å². The van der Waals surface area contributed by atoms with Crippen molar-refractivity contribution < 1.29 is 9.80 Å². The molecule has 0 saturated heterocycles. The molecule has 0 fully saturated rings. The summed E-state index contributed by atoms with van der Waals surface area (Å²) in [6.45, 7) is 13.2. The summed E-state index contributed by atoms with van der Waals surface area (Å²) < 4.78 is 0. The average Bonchev–Trinajstić information content (AvgIpc) is 3.06. The summed E-state index contributed by atoms with van der Waals surface area (Å²) in [5.41, 5.74) is 5.99. The molecule has 1 aliphatic rings. The van der Waals surface area contributed by atoms with Crippen molar-refractivity contribution in [3.05, 3.63) is 63.6 Å². The Morgan fingerprint density at radius 3 is 2.35 bits per heavy atom. The number of aryl methyl sites for hydroxylation is 1. The van der Waals surface area contributed by atoms with Crippen LogP contribution in [0.25, 0.3) is 0 Å². The van der Waals surface area contributed by atoms with Gasteiger partial charge in [0.25, 0.3) is 0 Å². The van der Waals surface area contributed by atoms with E-state index in [1.807, 2.05) is 32.0 Å². The van der Waals surface area contributed by atoms with Gasteiger partial charge in [-0.2, -0.15) is 10.5 Å². The number of hydrazone groups is 1. The van der Waals surface area contributed by atoms with Gasteiger partial charge in [-0.15, -0.1) is 0 Å². The van der Waals surface area contributed by atoms with Crippen molar-refractivity contribution in [2.24, 2.45) is 10.5 Å². The summed E-state index contributed by atoms with van der Waals surface area (Å²) in [5.74, 6) is -0.159. The van der Waals surface area contributed by atoms with Crippen LogP contribution >= 0.6 is 23.2 Å². The minimum absolute atomic E-state index is 0.159. The first-order valence-corrected chi connectivity index (χ1v) is 12.9. The van der Waals surface area contributed by atoms with Gasteiger partial charge in [0, 0.05) is 10.4 Å². The molecule has 2 N–H and O–H groups in total. The Morgan fingerprint density at radius 2 is 1.76 bits per heavy atom. The van der Waals surface area contributed by atoms with Gasteiger partial charge in [-0.25, -0.2) is 5.01 Å². The Morgan fingerprint density at radius 1 is 1.12 bits per heavy atom. The smallest absolute Gasteiger partial charge is 0.263 e. The standard InChI is InChI=1S/C25H32Cl2N4O.C2H6/c1-6-7-8-15-30(5)29-24(32)22-25(3,4)23(18-11-9-17(2)10-12-18)31(28-22)21-14-13-19(26)16-20(21)27;1-2/h9-14,16,23H,6-8,15H2,1-5H3,(H,29,32);1-2H3/p+1. The molecule has 0 aliphatic carbocycles. The number of benzene rings is 2. The minimum atomic E-state index is -0.550. The highest BCUT2D eigenvalue weighted by Gasteiger charge is 2.49. The van der Waals surface area contributed by atoms with Crippen LogP contribution in [-0.2, 0) is 4.79 Å². The number of nitrogens with one attached hydrogen (secondary N) is 2. The van der Waals surface area contributed by atoms with E-state index in [0.29, 0.717) is 15.8 Å². The van der Waals surface area contributed by atoms with E-state index >= 15 is 0 Å². The van der Waals surface area contributed by atoms with Crippen molar-refractivity contribution >= 4 is 40.5 Å². The van der Waals surface area contributed by atoms with E-state index < -0.39 is 5.41 Å². The van der Waals surface area contributed by atoms with Gasteiger partial charge in [-0.1, -0.05) is 94.1 Å². The topological polar surface area (TPSA) is 49.1 Å². The van der Waals surface area contributed by atoms with Crippen molar-refractivity contribution in [2.45, 2.75) is 66.8 Å². The van der Waals surface area contributed by atoms with E-state index in [1.54, 1.807) is 12.1 Å². The van der Waals surface area contributed by atoms with Crippen LogP contribution in [0.4, 0.5) is 5.69 Å². The van der Waals surface area contributed by atoms with Gasteiger partial charge in [0.2, 0.25) is 0 Å². The number of rotatable bonds is 8. The molecule has 2 aromatic carbocycles. The number of carbonyl (C=O) groups is 1. The largest absolute Gasteiger partial charge is 0.312 e. The van der Waals surface area contributed by atoms with E-state index in [1.165, 1.54) is 5.56 Å². The Kier molecular flexibility index (Phi) is 10.4. The summed E-state index contributed by atoms with van der Waals surface area (Å²) in [7, 11) is 1.97. The monoisotopic (exact) mass is 505 g/mol. The first kappa shape index (κ1) is 28.2. The maximum atomic E-state index is 13.3. The normalized spacial score (nSPS) is 17.5. The molecule has 2 unspecified atom stereocenters. The Bertz CT molecular complexity index is 989. The molecule has 1 heterocycles. The highest BCUT2D eigenvalue weighted by molar-refractivity contribution is 6.41. The van der Waals surface area contributed by atoms with Gasteiger partial charge >= 0.3 is 5.91 Å².